The van der Waals surface area contributed by atoms with Crippen molar-refractivity contribution in [2.24, 2.45) is 0 Å². The van der Waals surface area contributed by atoms with Crippen LogP contribution in [0.1, 0.15) is 22.4 Å². The molecule has 1 fully saturated rings. The highest BCUT2D eigenvalue weighted by Crippen LogP contribution is 2.21. The van der Waals surface area contributed by atoms with E-state index in [1.807, 2.05) is 12.1 Å². The molecule has 2 aromatic carbocycles. The number of ether oxygens (including phenoxy) is 1. The van der Waals surface area contributed by atoms with Gasteiger partial charge in [0.25, 0.3) is 12.0 Å². The summed E-state index contributed by atoms with van der Waals surface area (Å²) in [4.78, 5) is 33.1. The van der Waals surface area contributed by atoms with Crippen LogP contribution in [0.4, 0.5) is 8.78 Å². The van der Waals surface area contributed by atoms with Gasteiger partial charge in [0.15, 0.2) is 0 Å². The molecule has 1 aliphatic heterocycles. The topological polar surface area (TPSA) is 105 Å². The Morgan fingerprint density at radius 2 is 1.62 bits per heavy atom. The van der Waals surface area contributed by atoms with E-state index in [-0.39, 0.29) is 17.9 Å². The van der Waals surface area contributed by atoms with E-state index in [9.17, 15) is 23.5 Å². The molecule has 11 heteroatoms. The number of rotatable bonds is 7. The number of halogens is 2. The number of nitrogens with one attached hydrogen (secondary N) is 1. The molecule has 5 rings (SSSR count). The molecule has 40 heavy (non-hydrogen) atoms. The number of benzene rings is 2. The van der Waals surface area contributed by atoms with Gasteiger partial charge in [-0.25, -0.2) is 18.6 Å². The van der Waals surface area contributed by atoms with Gasteiger partial charge in [0.2, 0.25) is 5.75 Å². The molecule has 1 saturated heterocycles. The molecule has 0 saturated carbocycles. The van der Waals surface area contributed by atoms with Crippen LogP contribution in [0.25, 0.3) is 11.3 Å². The minimum absolute atomic E-state index is 0.0497. The van der Waals surface area contributed by atoms with Gasteiger partial charge in [-0.3, -0.25) is 18.8 Å². The molecular formula is C29H27F2N5O4. The minimum Gasteiger partial charge on any atom is -0.502 e. The summed E-state index contributed by atoms with van der Waals surface area (Å²) in [7, 11) is 0. The van der Waals surface area contributed by atoms with Crippen LogP contribution in [0.3, 0.4) is 0 Å². The summed E-state index contributed by atoms with van der Waals surface area (Å²) in [6.45, 7) is 3.18. The Labute approximate surface area is 228 Å². The van der Waals surface area contributed by atoms with Crippen LogP contribution < -0.4 is 11.2 Å². The zero-order chi connectivity index (χ0) is 28.1. The third kappa shape index (κ3) is 6.36. The van der Waals surface area contributed by atoms with Crippen LogP contribution in [0.5, 0.6) is 5.75 Å². The molecule has 1 aliphatic rings. The molecule has 206 valence electrons. The molecule has 4 aromatic rings. The molecule has 9 nitrogen and oxygen atoms in total. The quantitative estimate of drug-likeness (QED) is 0.345. The van der Waals surface area contributed by atoms with Crippen LogP contribution in [0.2, 0.25) is 0 Å². The number of hydrogen-bond donors (Lipinski definition) is 2. The van der Waals surface area contributed by atoms with Crippen molar-refractivity contribution in [2.75, 3.05) is 26.3 Å². The lowest BCUT2D eigenvalue weighted by Gasteiger charge is -2.26. The first-order valence-corrected chi connectivity index (χ1v) is 12.7. The molecule has 0 aliphatic carbocycles. The smallest absolute Gasteiger partial charge is 0.329 e. The highest BCUT2D eigenvalue weighted by molar-refractivity contribution is 5.61. The van der Waals surface area contributed by atoms with Crippen molar-refractivity contribution in [3.8, 4) is 28.8 Å². The second kappa shape index (κ2) is 12.1. The SMILES string of the molecule is O=c1[nH]cnc(Cn2cc(-c3ccc(C#Cc4ccc(CN5CCOCC5)cc4)cc3)n(CC(F)F)c2=O)c1O. The van der Waals surface area contributed by atoms with Crippen molar-refractivity contribution in [3.63, 3.8) is 0 Å². The second-order valence-corrected chi connectivity index (χ2v) is 9.37. The first-order chi connectivity index (χ1) is 19.4. The van der Waals surface area contributed by atoms with E-state index >= 15 is 0 Å². The van der Waals surface area contributed by atoms with Crippen LogP contribution in [-0.2, 0) is 24.4 Å². The Bertz CT molecular complexity index is 1640. The monoisotopic (exact) mass is 547 g/mol. The largest absolute Gasteiger partial charge is 0.502 e. The molecule has 3 heterocycles. The molecule has 0 amide bonds. The van der Waals surface area contributed by atoms with E-state index in [4.69, 9.17) is 4.74 Å². The predicted molar refractivity (Wildman–Crippen MR) is 144 cm³/mol. The second-order valence-electron chi connectivity index (χ2n) is 9.37. The minimum atomic E-state index is -2.76. The average Bonchev–Trinajstić information content (AvgIpc) is 3.25. The van der Waals surface area contributed by atoms with Gasteiger partial charge < -0.3 is 14.8 Å². The van der Waals surface area contributed by atoms with Crippen LogP contribution in [-0.4, -0.2) is 61.8 Å². The first-order valence-electron chi connectivity index (χ1n) is 12.7. The fourth-order valence-corrected chi connectivity index (χ4v) is 4.47. The lowest BCUT2D eigenvalue weighted by molar-refractivity contribution is 0.0342. The number of nitrogens with zero attached hydrogens (tertiary/aromatic N) is 4. The van der Waals surface area contributed by atoms with Gasteiger partial charge in [0, 0.05) is 37.0 Å². The number of hydrogen-bond acceptors (Lipinski definition) is 6. The third-order valence-electron chi connectivity index (χ3n) is 6.59. The fraction of sp³-hybridized carbons (Fsp3) is 0.276. The van der Waals surface area contributed by atoms with Crippen molar-refractivity contribution in [2.45, 2.75) is 26.1 Å². The van der Waals surface area contributed by atoms with Gasteiger partial charge in [-0.05, 0) is 35.4 Å². The van der Waals surface area contributed by atoms with E-state index in [0.717, 1.165) is 59.4 Å². The fourth-order valence-electron chi connectivity index (χ4n) is 4.47. The highest BCUT2D eigenvalue weighted by Gasteiger charge is 2.18. The summed E-state index contributed by atoms with van der Waals surface area (Å²) in [5, 5.41) is 9.96. The molecule has 0 atom stereocenters. The van der Waals surface area contributed by atoms with Crippen LogP contribution >= 0.6 is 0 Å². The highest BCUT2D eigenvalue weighted by atomic mass is 19.3. The van der Waals surface area contributed by atoms with Gasteiger partial charge in [-0.2, -0.15) is 0 Å². The Kier molecular flexibility index (Phi) is 8.19. The maximum absolute atomic E-state index is 13.3. The maximum Gasteiger partial charge on any atom is 0.329 e. The lowest BCUT2D eigenvalue weighted by atomic mass is 10.1. The number of aromatic amines is 1. The predicted octanol–water partition coefficient (Wildman–Crippen LogP) is 2.65. The number of imidazole rings is 1. The van der Waals surface area contributed by atoms with E-state index in [0.29, 0.717) is 5.56 Å². The van der Waals surface area contributed by atoms with Gasteiger partial charge >= 0.3 is 5.69 Å². The van der Waals surface area contributed by atoms with Crippen molar-refractivity contribution >= 4 is 0 Å². The Morgan fingerprint density at radius 3 is 2.27 bits per heavy atom. The van der Waals surface area contributed by atoms with E-state index < -0.39 is 30.0 Å². The van der Waals surface area contributed by atoms with Crippen molar-refractivity contribution in [1.29, 1.82) is 0 Å². The van der Waals surface area contributed by atoms with Gasteiger partial charge in [-0.15, -0.1) is 0 Å². The summed E-state index contributed by atoms with van der Waals surface area (Å²) in [5.74, 6) is 5.61. The summed E-state index contributed by atoms with van der Waals surface area (Å²) in [5.41, 5.74) is 2.09. The molecule has 2 aromatic heterocycles. The molecule has 0 bridgehead atoms. The lowest BCUT2D eigenvalue weighted by Crippen LogP contribution is -2.35. The maximum atomic E-state index is 13.3. The standard InChI is InChI=1S/C29H27F2N5O4/c30-26(31)18-36-25(17-35(29(36)39)16-24-27(37)28(38)33-19-32-24)23-9-7-21(8-10-23)2-1-20-3-5-22(6-4-20)15-34-11-13-40-14-12-34/h3-10,17,19,26,37H,11-16,18H2,(H,32,33,38). The summed E-state index contributed by atoms with van der Waals surface area (Å²) < 4.78 is 34.1. The Hall–Kier alpha value is -4.53. The van der Waals surface area contributed by atoms with Gasteiger partial charge in [0.1, 0.15) is 5.69 Å². The summed E-state index contributed by atoms with van der Waals surface area (Å²) >= 11 is 0. The number of aromatic nitrogens is 4. The van der Waals surface area contributed by atoms with Crippen molar-refractivity contribution < 1.29 is 18.6 Å². The average molecular weight is 548 g/mol. The van der Waals surface area contributed by atoms with E-state index in [1.54, 1.807) is 24.3 Å². The molecular weight excluding hydrogens is 520 g/mol. The number of morpholine rings is 1. The van der Waals surface area contributed by atoms with E-state index in [2.05, 4.69) is 38.8 Å². The number of H-pyrrole nitrogens is 1. The number of aromatic hydroxyl groups is 1. The number of alkyl halides is 2. The summed E-state index contributed by atoms with van der Waals surface area (Å²) in [6.07, 6.45) is -0.255. The third-order valence-corrected chi connectivity index (χ3v) is 6.59. The zero-order valence-electron chi connectivity index (χ0n) is 21.5. The molecule has 0 unspecified atom stereocenters. The Morgan fingerprint density at radius 1 is 0.975 bits per heavy atom. The van der Waals surface area contributed by atoms with Crippen LogP contribution in [0, 0.1) is 11.8 Å². The van der Waals surface area contributed by atoms with Crippen LogP contribution in [0.15, 0.2) is 70.6 Å². The summed E-state index contributed by atoms with van der Waals surface area (Å²) in [6, 6.07) is 15.0. The van der Waals surface area contributed by atoms with Crippen molar-refractivity contribution in [1.82, 2.24) is 24.0 Å². The first kappa shape index (κ1) is 27.1. The van der Waals surface area contributed by atoms with Gasteiger partial charge in [0.05, 0.1) is 38.3 Å². The molecule has 0 spiro atoms. The van der Waals surface area contributed by atoms with E-state index in [1.165, 1.54) is 11.8 Å². The molecule has 0 radical (unpaired) electrons. The Balaban J connectivity index is 1.34. The van der Waals surface area contributed by atoms with Crippen molar-refractivity contribution in [3.05, 3.63) is 104 Å². The molecule has 2 N–H and O–H groups in total. The normalized spacial score (nSPS) is 13.8. The van der Waals surface area contributed by atoms with Gasteiger partial charge in [-0.1, -0.05) is 36.1 Å². The zero-order valence-corrected chi connectivity index (χ0v) is 21.5.